The summed E-state index contributed by atoms with van der Waals surface area (Å²) in [5.41, 5.74) is -0.930. The quantitative estimate of drug-likeness (QED) is 0.807. The Morgan fingerprint density at radius 1 is 1.38 bits per heavy atom. The number of carbonyl (C=O) groups is 1. The van der Waals surface area contributed by atoms with Crippen LogP contribution in [0.2, 0.25) is 0 Å². The lowest BCUT2D eigenvalue weighted by Crippen LogP contribution is -2.51. The molecule has 0 saturated heterocycles. The van der Waals surface area contributed by atoms with Gasteiger partial charge in [-0.2, -0.15) is 0 Å². The number of rotatable bonds is 3. The first-order chi connectivity index (χ1) is 7.17. The number of hydrogen-bond acceptors (Lipinski definition) is 2. The molecular formula is C13H24O3. The van der Waals surface area contributed by atoms with Crippen molar-refractivity contribution in [2.24, 2.45) is 11.3 Å². The van der Waals surface area contributed by atoms with E-state index in [9.17, 15) is 9.90 Å². The average Bonchev–Trinajstić information content (AvgIpc) is 1.96. The van der Waals surface area contributed by atoms with Crippen LogP contribution in [-0.4, -0.2) is 22.8 Å². The molecule has 1 aliphatic rings. The summed E-state index contributed by atoms with van der Waals surface area (Å²) in [4.78, 5) is 11.5. The fourth-order valence-corrected chi connectivity index (χ4v) is 3.25. The molecule has 3 nitrogen and oxygen atoms in total. The largest absolute Gasteiger partial charge is 0.479 e. The molecule has 0 heterocycles. The summed E-state index contributed by atoms with van der Waals surface area (Å²) >= 11 is 0. The first-order valence-electron chi connectivity index (χ1n) is 6.08. The van der Waals surface area contributed by atoms with Gasteiger partial charge in [-0.3, -0.25) is 0 Å². The lowest BCUT2D eigenvalue weighted by Gasteiger charge is -2.45. The van der Waals surface area contributed by atoms with Crippen LogP contribution in [0.5, 0.6) is 0 Å². The molecule has 0 aromatic carbocycles. The van der Waals surface area contributed by atoms with Crippen LogP contribution in [-0.2, 0) is 9.53 Å². The van der Waals surface area contributed by atoms with E-state index in [2.05, 4.69) is 20.8 Å². The number of aliphatic carboxylic acids is 1. The predicted octanol–water partition coefficient (Wildman–Crippen LogP) is 3.08. The first-order valence-corrected chi connectivity index (χ1v) is 6.08. The Bertz CT molecular complexity index is 266. The Labute approximate surface area is 98.2 Å². The molecule has 94 valence electrons. The molecular weight excluding hydrogens is 204 g/mol. The highest BCUT2D eigenvalue weighted by atomic mass is 16.5. The summed E-state index contributed by atoms with van der Waals surface area (Å²) in [7, 11) is 0. The van der Waals surface area contributed by atoms with Crippen molar-refractivity contribution in [2.45, 2.75) is 65.6 Å². The van der Waals surface area contributed by atoms with Gasteiger partial charge in [0.05, 0.1) is 6.10 Å². The van der Waals surface area contributed by atoms with Gasteiger partial charge in [0.25, 0.3) is 0 Å². The van der Waals surface area contributed by atoms with Crippen LogP contribution in [0, 0.1) is 11.3 Å². The highest BCUT2D eigenvalue weighted by Gasteiger charge is 2.49. The van der Waals surface area contributed by atoms with E-state index in [-0.39, 0.29) is 11.5 Å². The van der Waals surface area contributed by atoms with Gasteiger partial charge >= 0.3 is 5.97 Å². The minimum absolute atomic E-state index is 0.0443. The van der Waals surface area contributed by atoms with Gasteiger partial charge in [0.15, 0.2) is 5.60 Å². The molecule has 0 spiro atoms. The molecule has 0 aliphatic heterocycles. The summed E-state index contributed by atoms with van der Waals surface area (Å²) in [6.45, 7) is 10.2. The molecule has 1 fully saturated rings. The fourth-order valence-electron chi connectivity index (χ4n) is 3.25. The molecule has 0 bridgehead atoms. The van der Waals surface area contributed by atoms with E-state index in [4.69, 9.17) is 4.74 Å². The van der Waals surface area contributed by atoms with E-state index in [1.165, 1.54) is 0 Å². The molecule has 1 N–H and O–H groups in total. The Morgan fingerprint density at radius 2 is 1.94 bits per heavy atom. The summed E-state index contributed by atoms with van der Waals surface area (Å²) in [5.74, 6) is -0.403. The Kier molecular flexibility index (Phi) is 3.68. The molecule has 0 amide bonds. The van der Waals surface area contributed by atoms with Crippen LogP contribution in [0.4, 0.5) is 0 Å². The van der Waals surface area contributed by atoms with E-state index >= 15 is 0 Å². The first kappa shape index (κ1) is 13.5. The maximum atomic E-state index is 11.5. The van der Waals surface area contributed by atoms with Crippen molar-refractivity contribution in [3.63, 3.8) is 0 Å². The van der Waals surface area contributed by atoms with Gasteiger partial charge in [-0.25, -0.2) is 4.79 Å². The van der Waals surface area contributed by atoms with Gasteiger partial charge in [-0.1, -0.05) is 20.8 Å². The van der Waals surface area contributed by atoms with Crippen LogP contribution < -0.4 is 0 Å². The second kappa shape index (κ2) is 4.36. The third-order valence-electron chi connectivity index (χ3n) is 3.19. The summed E-state index contributed by atoms with van der Waals surface area (Å²) in [5, 5.41) is 9.46. The minimum atomic E-state index is -0.977. The second-order valence-corrected chi connectivity index (χ2v) is 6.32. The van der Waals surface area contributed by atoms with Crippen molar-refractivity contribution in [3.05, 3.63) is 0 Å². The van der Waals surface area contributed by atoms with Crippen LogP contribution in [0.1, 0.15) is 53.9 Å². The monoisotopic (exact) mass is 228 g/mol. The van der Waals surface area contributed by atoms with Crippen molar-refractivity contribution in [3.8, 4) is 0 Å². The minimum Gasteiger partial charge on any atom is -0.479 e. The maximum absolute atomic E-state index is 11.5. The van der Waals surface area contributed by atoms with Crippen LogP contribution >= 0.6 is 0 Å². The number of hydrogen-bond donors (Lipinski definition) is 1. The van der Waals surface area contributed by atoms with Gasteiger partial charge in [-0.05, 0) is 44.4 Å². The van der Waals surface area contributed by atoms with Gasteiger partial charge in [-0.15, -0.1) is 0 Å². The predicted molar refractivity (Wildman–Crippen MR) is 63.4 cm³/mol. The standard InChI is InChI=1S/C13H24O3/c1-9(2)16-13(11(14)15)7-10(3)6-12(4,5)8-13/h9-10H,6-8H2,1-5H3,(H,14,15). The van der Waals surface area contributed by atoms with E-state index in [0.717, 1.165) is 6.42 Å². The van der Waals surface area contributed by atoms with Crippen molar-refractivity contribution in [1.82, 2.24) is 0 Å². The summed E-state index contributed by atoms with van der Waals surface area (Å²) < 4.78 is 5.75. The van der Waals surface area contributed by atoms with Crippen molar-refractivity contribution < 1.29 is 14.6 Å². The Hall–Kier alpha value is -0.570. The zero-order chi connectivity index (χ0) is 12.6. The Balaban J connectivity index is 2.96. The van der Waals surface area contributed by atoms with Crippen molar-refractivity contribution in [2.75, 3.05) is 0 Å². The molecule has 16 heavy (non-hydrogen) atoms. The normalized spacial score (nSPS) is 34.0. The maximum Gasteiger partial charge on any atom is 0.336 e. The Morgan fingerprint density at radius 3 is 2.31 bits per heavy atom. The third kappa shape index (κ3) is 2.97. The fraction of sp³-hybridized carbons (Fsp3) is 0.923. The van der Waals surface area contributed by atoms with E-state index in [1.54, 1.807) is 0 Å². The van der Waals surface area contributed by atoms with Crippen LogP contribution in [0.15, 0.2) is 0 Å². The van der Waals surface area contributed by atoms with Gasteiger partial charge < -0.3 is 9.84 Å². The van der Waals surface area contributed by atoms with Crippen LogP contribution in [0.3, 0.4) is 0 Å². The molecule has 1 aliphatic carbocycles. The van der Waals surface area contributed by atoms with Crippen LogP contribution in [0.25, 0.3) is 0 Å². The lowest BCUT2D eigenvalue weighted by atomic mass is 9.65. The topological polar surface area (TPSA) is 46.5 Å². The van der Waals surface area contributed by atoms with Gasteiger partial charge in [0, 0.05) is 0 Å². The highest BCUT2D eigenvalue weighted by molar-refractivity contribution is 5.77. The number of ether oxygens (including phenoxy) is 1. The van der Waals surface area contributed by atoms with E-state index in [1.807, 2.05) is 13.8 Å². The van der Waals surface area contributed by atoms with Crippen molar-refractivity contribution in [1.29, 1.82) is 0 Å². The highest BCUT2D eigenvalue weighted by Crippen LogP contribution is 2.46. The summed E-state index contributed by atoms with van der Waals surface area (Å²) in [6.07, 6.45) is 2.27. The molecule has 0 radical (unpaired) electrons. The SMILES string of the molecule is CC1CC(C)(C)CC(OC(C)C)(C(=O)O)C1. The molecule has 1 rings (SSSR count). The molecule has 2 atom stereocenters. The lowest BCUT2D eigenvalue weighted by molar-refractivity contribution is -0.187. The molecule has 0 aromatic heterocycles. The molecule has 0 aromatic rings. The van der Waals surface area contributed by atoms with Gasteiger partial charge in [0.2, 0.25) is 0 Å². The summed E-state index contributed by atoms with van der Waals surface area (Å²) in [6, 6.07) is 0. The smallest absolute Gasteiger partial charge is 0.336 e. The molecule has 2 unspecified atom stereocenters. The zero-order valence-electron chi connectivity index (χ0n) is 11.0. The van der Waals surface area contributed by atoms with E-state index < -0.39 is 11.6 Å². The van der Waals surface area contributed by atoms with Crippen molar-refractivity contribution >= 4 is 5.97 Å². The molecule has 1 saturated carbocycles. The second-order valence-electron chi connectivity index (χ2n) is 6.32. The number of carboxylic acid groups (broad SMARTS) is 1. The number of carboxylic acids is 1. The van der Waals surface area contributed by atoms with Gasteiger partial charge in [0.1, 0.15) is 0 Å². The van der Waals surface area contributed by atoms with E-state index in [0.29, 0.717) is 18.8 Å². The third-order valence-corrected chi connectivity index (χ3v) is 3.19. The zero-order valence-corrected chi connectivity index (χ0v) is 11.0. The average molecular weight is 228 g/mol. The molecule has 3 heteroatoms.